The number of benzene rings is 2. The number of hydrogen-bond acceptors (Lipinski definition) is 3. The zero-order chi connectivity index (χ0) is 14.7. The molecule has 0 saturated heterocycles. The number of methoxy groups -OCH3 is 1. The predicted octanol–water partition coefficient (Wildman–Crippen LogP) is 4.78. The van der Waals surface area contributed by atoms with Crippen molar-refractivity contribution in [3.8, 4) is 5.75 Å². The minimum atomic E-state index is 0.595. The largest absolute Gasteiger partial charge is 0.497 e. The van der Waals surface area contributed by atoms with Crippen LogP contribution in [0, 0.1) is 0 Å². The van der Waals surface area contributed by atoms with E-state index >= 15 is 0 Å². The van der Waals surface area contributed by atoms with E-state index in [9.17, 15) is 0 Å². The van der Waals surface area contributed by atoms with Gasteiger partial charge in [0.2, 0.25) is 0 Å². The Balaban J connectivity index is 1.52. The Morgan fingerprint density at radius 3 is 2.24 bits per heavy atom. The Morgan fingerprint density at radius 1 is 1.00 bits per heavy atom. The average molecular weight is 299 g/mol. The molecule has 0 radical (unpaired) electrons. The normalized spacial score (nSPS) is 20.7. The lowest BCUT2D eigenvalue weighted by atomic mass is 9.76. The zero-order valence-corrected chi connectivity index (χ0v) is 13.3. The Morgan fingerprint density at radius 2 is 1.67 bits per heavy atom. The molecule has 0 aliphatic heterocycles. The molecule has 0 unspecified atom stereocenters. The maximum atomic E-state index is 5.21. The standard InChI is InChI=1S/C18H21NOS/c1-20-17-7-3-13(4-8-17)14-11-16(12-14)19-15-5-9-18(21-2)10-6-15/h3-10,14,16,19H,11-12H2,1-2H3. The third-order valence-electron chi connectivity index (χ3n) is 4.19. The fraction of sp³-hybridized carbons (Fsp3) is 0.333. The second-order valence-electron chi connectivity index (χ2n) is 5.51. The highest BCUT2D eigenvalue weighted by molar-refractivity contribution is 7.98. The first-order valence-electron chi connectivity index (χ1n) is 7.33. The van der Waals surface area contributed by atoms with Gasteiger partial charge in [0.15, 0.2) is 0 Å². The summed E-state index contributed by atoms with van der Waals surface area (Å²) in [5.41, 5.74) is 2.65. The van der Waals surface area contributed by atoms with Crippen molar-refractivity contribution in [3.63, 3.8) is 0 Å². The Hall–Kier alpha value is -1.61. The molecular formula is C18H21NOS. The number of thioether (sulfide) groups is 1. The molecule has 1 aliphatic carbocycles. The quantitative estimate of drug-likeness (QED) is 0.803. The molecule has 0 spiro atoms. The molecule has 2 aromatic rings. The van der Waals surface area contributed by atoms with Crippen LogP contribution in [0.2, 0.25) is 0 Å². The lowest BCUT2D eigenvalue weighted by molar-refractivity contribution is 0.373. The van der Waals surface area contributed by atoms with Crippen LogP contribution in [0.4, 0.5) is 5.69 Å². The van der Waals surface area contributed by atoms with Crippen LogP contribution < -0.4 is 10.1 Å². The SMILES string of the molecule is COc1ccc(C2CC(Nc3ccc(SC)cc3)C2)cc1. The van der Waals surface area contributed by atoms with E-state index in [4.69, 9.17) is 4.74 Å². The van der Waals surface area contributed by atoms with Gasteiger partial charge in [-0.25, -0.2) is 0 Å². The van der Waals surface area contributed by atoms with E-state index in [1.54, 1.807) is 18.9 Å². The molecule has 0 bridgehead atoms. The number of anilines is 1. The van der Waals surface area contributed by atoms with E-state index < -0.39 is 0 Å². The van der Waals surface area contributed by atoms with Crippen molar-refractivity contribution < 1.29 is 4.74 Å². The number of nitrogens with one attached hydrogen (secondary N) is 1. The third kappa shape index (κ3) is 3.35. The van der Waals surface area contributed by atoms with Gasteiger partial charge in [-0.3, -0.25) is 0 Å². The third-order valence-corrected chi connectivity index (χ3v) is 4.93. The Labute approximate surface area is 130 Å². The van der Waals surface area contributed by atoms with E-state index in [-0.39, 0.29) is 0 Å². The minimum absolute atomic E-state index is 0.595. The molecule has 1 aliphatic rings. The Kier molecular flexibility index (Phi) is 4.39. The summed E-state index contributed by atoms with van der Waals surface area (Å²) in [5, 5.41) is 3.62. The molecule has 2 aromatic carbocycles. The highest BCUT2D eigenvalue weighted by atomic mass is 32.2. The first kappa shape index (κ1) is 14.3. The second-order valence-corrected chi connectivity index (χ2v) is 6.39. The van der Waals surface area contributed by atoms with Gasteiger partial charge >= 0.3 is 0 Å². The summed E-state index contributed by atoms with van der Waals surface area (Å²) in [4.78, 5) is 1.31. The smallest absolute Gasteiger partial charge is 0.118 e. The summed E-state index contributed by atoms with van der Waals surface area (Å²) in [6, 6.07) is 17.8. The van der Waals surface area contributed by atoms with Gasteiger partial charge in [-0.15, -0.1) is 11.8 Å². The van der Waals surface area contributed by atoms with Crippen molar-refractivity contribution in [1.29, 1.82) is 0 Å². The topological polar surface area (TPSA) is 21.3 Å². The van der Waals surface area contributed by atoms with Gasteiger partial charge in [0, 0.05) is 16.6 Å². The summed E-state index contributed by atoms with van der Waals surface area (Å²) < 4.78 is 5.21. The molecule has 0 amide bonds. The summed E-state index contributed by atoms with van der Waals surface area (Å²) in [6.45, 7) is 0. The number of ether oxygens (including phenoxy) is 1. The molecule has 0 aromatic heterocycles. The fourth-order valence-corrected chi connectivity index (χ4v) is 3.22. The molecule has 110 valence electrons. The Bertz CT molecular complexity index is 573. The van der Waals surface area contributed by atoms with Crippen LogP contribution >= 0.6 is 11.8 Å². The van der Waals surface area contributed by atoms with Gasteiger partial charge in [-0.1, -0.05) is 12.1 Å². The molecular weight excluding hydrogens is 278 g/mol. The molecule has 2 nitrogen and oxygen atoms in total. The zero-order valence-electron chi connectivity index (χ0n) is 12.5. The monoisotopic (exact) mass is 299 g/mol. The molecule has 1 N–H and O–H groups in total. The van der Waals surface area contributed by atoms with Gasteiger partial charge in [0.1, 0.15) is 5.75 Å². The highest BCUT2D eigenvalue weighted by Gasteiger charge is 2.30. The van der Waals surface area contributed by atoms with Gasteiger partial charge in [-0.2, -0.15) is 0 Å². The van der Waals surface area contributed by atoms with Gasteiger partial charge in [-0.05, 0) is 67.0 Å². The average Bonchev–Trinajstić information content (AvgIpc) is 2.51. The van der Waals surface area contributed by atoms with Crippen molar-refractivity contribution >= 4 is 17.4 Å². The van der Waals surface area contributed by atoms with Crippen molar-refractivity contribution in [2.45, 2.75) is 29.7 Å². The van der Waals surface area contributed by atoms with E-state index in [0.717, 1.165) is 5.75 Å². The van der Waals surface area contributed by atoms with Crippen LogP contribution in [0.25, 0.3) is 0 Å². The minimum Gasteiger partial charge on any atom is -0.497 e. The fourth-order valence-electron chi connectivity index (χ4n) is 2.81. The van der Waals surface area contributed by atoms with Crippen LogP contribution in [0.15, 0.2) is 53.4 Å². The maximum absolute atomic E-state index is 5.21. The number of hydrogen-bond donors (Lipinski definition) is 1. The van der Waals surface area contributed by atoms with Crippen LogP contribution in [0.1, 0.15) is 24.3 Å². The lowest BCUT2D eigenvalue weighted by Crippen LogP contribution is -2.33. The molecule has 3 heteroatoms. The first-order valence-corrected chi connectivity index (χ1v) is 8.55. The van der Waals surface area contributed by atoms with E-state index in [0.29, 0.717) is 12.0 Å². The van der Waals surface area contributed by atoms with Gasteiger partial charge in [0.25, 0.3) is 0 Å². The molecule has 1 saturated carbocycles. The maximum Gasteiger partial charge on any atom is 0.118 e. The number of rotatable bonds is 5. The summed E-state index contributed by atoms with van der Waals surface area (Å²) in [7, 11) is 1.71. The van der Waals surface area contributed by atoms with E-state index in [1.807, 2.05) is 0 Å². The second kappa shape index (κ2) is 6.44. The van der Waals surface area contributed by atoms with Crippen molar-refractivity contribution in [3.05, 3.63) is 54.1 Å². The van der Waals surface area contributed by atoms with Gasteiger partial charge < -0.3 is 10.1 Å². The van der Waals surface area contributed by atoms with Crippen molar-refractivity contribution in [2.24, 2.45) is 0 Å². The molecule has 21 heavy (non-hydrogen) atoms. The molecule has 1 fully saturated rings. The summed E-state index contributed by atoms with van der Waals surface area (Å²) in [5.74, 6) is 1.61. The predicted molar refractivity (Wildman–Crippen MR) is 90.6 cm³/mol. The summed E-state index contributed by atoms with van der Waals surface area (Å²) in [6.07, 6.45) is 4.51. The molecule has 3 rings (SSSR count). The van der Waals surface area contributed by atoms with E-state index in [2.05, 4.69) is 60.1 Å². The summed E-state index contributed by atoms with van der Waals surface area (Å²) >= 11 is 1.78. The van der Waals surface area contributed by atoms with Crippen LogP contribution in [0.3, 0.4) is 0 Å². The molecule has 0 atom stereocenters. The van der Waals surface area contributed by atoms with Crippen LogP contribution in [-0.4, -0.2) is 19.4 Å². The highest BCUT2D eigenvalue weighted by Crippen LogP contribution is 2.39. The lowest BCUT2D eigenvalue weighted by Gasteiger charge is -2.37. The van der Waals surface area contributed by atoms with Crippen molar-refractivity contribution in [1.82, 2.24) is 0 Å². The van der Waals surface area contributed by atoms with Gasteiger partial charge in [0.05, 0.1) is 7.11 Å². The van der Waals surface area contributed by atoms with Crippen LogP contribution in [-0.2, 0) is 0 Å². The van der Waals surface area contributed by atoms with Crippen molar-refractivity contribution in [2.75, 3.05) is 18.7 Å². The molecule has 0 heterocycles. The first-order chi connectivity index (χ1) is 10.3. The van der Waals surface area contributed by atoms with E-state index in [1.165, 1.54) is 29.0 Å². The van der Waals surface area contributed by atoms with Crippen LogP contribution in [0.5, 0.6) is 5.75 Å².